The van der Waals surface area contributed by atoms with Gasteiger partial charge in [-0.2, -0.15) is 0 Å². The second-order valence-corrected chi connectivity index (χ2v) is 3.64. The molecule has 0 aromatic carbocycles. The van der Waals surface area contributed by atoms with E-state index in [1.165, 1.54) is 0 Å². The van der Waals surface area contributed by atoms with Crippen molar-refractivity contribution in [2.75, 3.05) is 0 Å². The second kappa shape index (κ2) is 4.97. The van der Waals surface area contributed by atoms with Crippen LogP contribution in [0, 0.1) is 6.57 Å². The third kappa shape index (κ3) is 2.71. The van der Waals surface area contributed by atoms with Gasteiger partial charge in [0.15, 0.2) is 0 Å². The topological polar surface area (TPSA) is 26.5 Å². The van der Waals surface area contributed by atoms with Crippen molar-refractivity contribution in [3.63, 3.8) is 0 Å². The maximum Gasteiger partial charge on any atom is 0.247 e. The minimum Gasteiger partial charge on any atom is -0.484 e. The first-order chi connectivity index (χ1) is 6.67. The summed E-state index contributed by atoms with van der Waals surface area (Å²) in [6.45, 7) is 10.8. The number of alkyl halides is 1. The molecular weight excluding hydrogens is 244 g/mol. The normalized spacial score (nSPS) is 9.93. The van der Waals surface area contributed by atoms with Gasteiger partial charge < -0.3 is 4.74 Å². The highest BCUT2D eigenvalue weighted by Crippen LogP contribution is 2.27. The first-order valence-corrected chi connectivity index (χ1v) is 5.38. The summed E-state index contributed by atoms with van der Waals surface area (Å²) in [6.07, 6.45) is 1.75. The van der Waals surface area contributed by atoms with E-state index in [1.807, 2.05) is 13.8 Å². The van der Waals surface area contributed by atoms with Crippen LogP contribution in [0.15, 0.2) is 12.3 Å². The van der Waals surface area contributed by atoms with Crippen LogP contribution in [-0.2, 0) is 5.33 Å². The molecule has 0 saturated carbocycles. The van der Waals surface area contributed by atoms with E-state index in [0.29, 0.717) is 16.9 Å². The highest BCUT2D eigenvalue weighted by atomic mass is 79.9. The van der Waals surface area contributed by atoms with Crippen LogP contribution < -0.4 is 4.74 Å². The minimum atomic E-state index is 0.0396. The average Bonchev–Trinajstić information content (AvgIpc) is 2.17. The van der Waals surface area contributed by atoms with Crippen molar-refractivity contribution in [2.24, 2.45) is 0 Å². The van der Waals surface area contributed by atoms with Gasteiger partial charge in [-0.05, 0) is 25.5 Å². The zero-order valence-electron chi connectivity index (χ0n) is 8.12. The lowest BCUT2D eigenvalue weighted by atomic mass is 10.3. The smallest absolute Gasteiger partial charge is 0.247 e. The summed E-state index contributed by atoms with van der Waals surface area (Å²) in [4.78, 5) is 7.47. The third-order valence-corrected chi connectivity index (χ3v) is 2.16. The van der Waals surface area contributed by atoms with Crippen molar-refractivity contribution in [3.05, 3.63) is 29.2 Å². The summed E-state index contributed by atoms with van der Waals surface area (Å²) in [7, 11) is 0. The molecule has 3 nitrogen and oxygen atoms in total. The Morgan fingerprint density at radius 3 is 2.86 bits per heavy atom. The molecule has 0 N–H and O–H groups in total. The Balaban J connectivity index is 3.01. The van der Waals surface area contributed by atoms with Crippen molar-refractivity contribution in [2.45, 2.75) is 25.3 Å². The van der Waals surface area contributed by atoms with Gasteiger partial charge in [0, 0.05) is 11.5 Å². The molecule has 0 aliphatic heterocycles. The number of pyridine rings is 1. The first kappa shape index (κ1) is 11.0. The average molecular weight is 255 g/mol. The van der Waals surface area contributed by atoms with Gasteiger partial charge in [-0.3, -0.25) is 0 Å². The van der Waals surface area contributed by atoms with Gasteiger partial charge in [-0.15, -0.1) is 0 Å². The van der Waals surface area contributed by atoms with Crippen molar-refractivity contribution in [3.8, 4) is 5.88 Å². The van der Waals surface area contributed by atoms with Crippen LogP contribution in [0.1, 0.15) is 19.4 Å². The van der Waals surface area contributed by atoms with E-state index in [2.05, 4.69) is 25.8 Å². The van der Waals surface area contributed by atoms with Crippen molar-refractivity contribution in [1.29, 1.82) is 0 Å². The summed E-state index contributed by atoms with van der Waals surface area (Å²) >= 11 is 3.31. The van der Waals surface area contributed by atoms with Crippen molar-refractivity contribution < 1.29 is 4.74 Å². The van der Waals surface area contributed by atoms with Gasteiger partial charge in [0.2, 0.25) is 11.6 Å². The van der Waals surface area contributed by atoms with Crippen LogP contribution in [0.25, 0.3) is 4.85 Å². The molecule has 0 aliphatic carbocycles. The lowest BCUT2D eigenvalue weighted by Gasteiger charge is -2.10. The molecule has 0 spiro atoms. The molecule has 0 amide bonds. The van der Waals surface area contributed by atoms with E-state index in [4.69, 9.17) is 11.3 Å². The van der Waals surface area contributed by atoms with Gasteiger partial charge in [0.25, 0.3) is 0 Å². The molecule has 0 aliphatic rings. The third-order valence-electron chi connectivity index (χ3n) is 1.51. The number of hydrogen-bond acceptors (Lipinski definition) is 2. The van der Waals surface area contributed by atoms with Crippen LogP contribution in [-0.4, -0.2) is 11.1 Å². The van der Waals surface area contributed by atoms with Gasteiger partial charge in [-0.1, -0.05) is 15.9 Å². The zero-order chi connectivity index (χ0) is 10.6. The van der Waals surface area contributed by atoms with E-state index < -0.39 is 0 Å². The van der Waals surface area contributed by atoms with Crippen LogP contribution >= 0.6 is 15.9 Å². The lowest BCUT2D eigenvalue weighted by Crippen LogP contribution is -2.06. The molecule has 1 aromatic heterocycles. The van der Waals surface area contributed by atoms with Crippen molar-refractivity contribution >= 4 is 21.6 Å². The van der Waals surface area contributed by atoms with Crippen LogP contribution in [0.5, 0.6) is 5.88 Å². The number of rotatable bonds is 3. The largest absolute Gasteiger partial charge is 0.484 e. The molecule has 1 rings (SSSR count). The summed E-state index contributed by atoms with van der Waals surface area (Å²) in [5, 5.41) is 0.699. The Kier molecular flexibility index (Phi) is 3.90. The number of hydrogen-bond donors (Lipinski definition) is 0. The van der Waals surface area contributed by atoms with Crippen molar-refractivity contribution in [1.82, 2.24) is 4.98 Å². The molecule has 14 heavy (non-hydrogen) atoms. The Morgan fingerprint density at radius 1 is 1.64 bits per heavy atom. The molecule has 0 saturated heterocycles. The molecule has 0 radical (unpaired) electrons. The van der Waals surface area contributed by atoms with Crippen LogP contribution in [0.3, 0.4) is 0 Å². The molecule has 1 heterocycles. The number of ether oxygens (including phenoxy) is 1. The van der Waals surface area contributed by atoms with Gasteiger partial charge in [0.05, 0.1) is 12.7 Å². The highest BCUT2D eigenvalue weighted by molar-refractivity contribution is 9.08. The fraction of sp³-hybridized carbons (Fsp3) is 0.400. The number of nitrogens with zero attached hydrogens (tertiary/aromatic N) is 2. The van der Waals surface area contributed by atoms with Gasteiger partial charge in [0.1, 0.15) is 0 Å². The Morgan fingerprint density at radius 2 is 2.36 bits per heavy atom. The Bertz CT molecular complexity index is 358. The summed E-state index contributed by atoms with van der Waals surface area (Å²) in [6, 6.07) is 1.78. The first-order valence-electron chi connectivity index (χ1n) is 4.26. The second-order valence-electron chi connectivity index (χ2n) is 3.08. The zero-order valence-corrected chi connectivity index (χ0v) is 9.71. The Labute approximate surface area is 92.1 Å². The number of aromatic nitrogens is 1. The van der Waals surface area contributed by atoms with E-state index >= 15 is 0 Å². The summed E-state index contributed by atoms with van der Waals surface area (Å²) < 4.78 is 5.40. The highest BCUT2D eigenvalue weighted by Gasteiger charge is 2.07. The monoisotopic (exact) mass is 254 g/mol. The van der Waals surface area contributed by atoms with E-state index in [-0.39, 0.29) is 6.10 Å². The van der Waals surface area contributed by atoms with E-state index in [9.17, 15) is 0 Å². The fourth-order valence-electron chi connectivity index (χ4n) is 0.950. The predicted molar refractivity (Wildman–Crippen MR) is 58.9 cm³/mol. The summed E-state index contributed by atoms with van der Waals surface area (Å²) in [5.41, 5.74) is 1.45. The Hall–Kier alpha value is -1.08. The molecule has 74 valence electrons. The molecule has 1 aromatic rings. The molecule has 0 bridgehead atoms. The molecule has 4 heteroatoms. The van der Waals surface area contributed by atoms with E-state index in [1.54, 1.807) is 12.3 Å². The molecule has 0 unspecified atom stereocenters. The SMILES string of the molecule is [C-]#[N+]c1cc(CBr)cnc1OC(C)C. The summed E-state index contributed by atoms with van der Waals surface area (Å²) in [5.74, 6) is 0.416. The van der Waals surface area contributed by atoms with Gasteiger partial charge in [-0.25, -0.2) is 9.83 Å². The lowest BCUT2D eigenvalue weighted by molar-refractivity contribution is 0.234. The number of halogens is 1. The maximum absolute atomic E-state index is 6.99. The van der Waals surface area contributed by atoms with Crippen LogP contribution in [0.4, 0.5) is 5.69 Å². The minimum absolute atomic E-state index is 0.0396. The molecular formula is C10H11BrN2O. The molecule has 0 atom stereocenters. The quantitative estimate of drug-likeness (QED) is 0.611. The van der Waals surface area contributed by atoms with E-state index in [0.717, 1.165) is 5.56 Å². The standard InChI is InChI=1S/C10H11BrN2O/c1-7(2)14-10-9(12-3)4-8(5-11)6-13-10/h4,6-7H,5H2,1-2H3. The fourth-order valence-corrected chi connectivity index (χ4v) is 1.26. The molecule has 0 fully saturated rings. The maximum atomic E-state index is 6.99. The van der Waals surface area contributed by atoms with Gasteiger partial charge >= 0.3 is 0 Å². The van der Waals surface area contributed by atoms with Crippen LogP contribution in [0.2, 0.25) is 0 Å². The predicted octanol–water partition coefficient (Wildman–Crippen LogP) is 3.31.